The lowest BCUT2D eigenvalue weighted by Crippen LogP contribution is -2.28. The zero-order valence-corrected chi connectivity index (χ0v) is 12.3. The molecule has 0 aliphatic rings. The van der Waals surface area contributed by atoms with Crippen molar-refractivity contribution in [1.82, 2.24) is 0 Å². The monoisotopic (exact) mass is 302 g/mol. The third-order valence-electron chi connectivity index (χ3n) is 3.45. The summed E-state index contributed by atoms with van der Waals surface area (Å²) in [5.41, 5.74) is 1.04. The predicted molar refractivity (Wildman–Crippen MR) is 86.2 cm³/mol. The summed E-state index contributed by atoms with van der Waals surface area (Å²) in [6.07, 6.45) is 0. The Balaban J connectivity index is 2.39. The summed E-state index contributed by atoms with van der Waals surface area (Å²) >= 11 is 0. The van der Waals surface area contributed by atoms with Crippen LogP contribution in [0.15, 0.2) is 65.8 Å². The first-order valence-corrected chi connectivity index (χ1v) is 6.94. The van der Waals surface area contributed by atoms with Crippen LogP contribution in [-0.4, -0.2) is 11.5 Å². The SMILES string of the molecule is N#C[C@H](C(=O)/C(=N\N)[C@@H](C#N)c1ccccc1)c1ccccc1. The van der Waals surface area contributed by atoms with Gasteiger partial charge in [-0.05, 0) is 11.1 Å². The van der Waals surface area contributed by atoms with Crippen LogP contribution in [0, 0.1) is 22.7 Å². The van der Waals surface area contributed by atoms with E-state index in [0.717, 1.165) is 0 Å². The van der Waals surface area contributed by atoms with Crippen molar-refractivity contribution in [3.8, 4) is 12.1 Å². The van der Waals surface area contributed by atoms with Gasteiger partial charge < -0.3 is 5.84 Å². The van der Waals surface area contributed by atoms with Gasteiger partial charge in [0.1, 0.15) is 17.5 Å². The van der Waals surface area contributed by atoms with Crippen LogP contribution in [0.5, 0.6) is 0 Å². The number of nitrogens with zero attached hydrogens (tertiary/aromatic N) is 3. The highest BCUT2D eigenvalue weighted by molar-refractivity contribution is 6.44. The minimum absolute atomic E-state index is 0.117. The van der Waals surface area contributed by atoms with Crippen molar-refractivity contribution in [2.75, 3.05) is 0 Å². The first-order valence-electron chi connectivity index (χ1n) is 6.94. The van der Waals surface area contributed by atoms with Gasteiger partial charge in [-0.3, -0.25) is 4.79 Å². The average Bonchev–Trinajstić information content (AvgIpc) is 2.61. The number of carbonyl (C=O) groups is 1. The van der Waals surface area contributed by atoms with Crippen LogP contribution >= 0.6 is 0 Å². The number of hydrazone groups is 1. The summed E-state index contributed by atoms with van der Waals surface area (Å²) in [6, 6.07) is 21.4. The van der Waals surface area contributed by atoms with Crippen LogP contribution in [0.25, 0.3) is 0 Å². The molecule has 2 aromatic carbocycles. The van der Waals surface area contributed by atoms with Gasteiger partial charge in [-0.1, -0.05) is 60.7 Å². The molecule has 0 aromatic heterocycles. The average molecular weight is 302 g/mol. The van der Waals surface area contributed by atoms with E-state index in [9.17, 15) is 15.3 Å². The van der Waals surface area contributed by atoms with Crippen molar-refractivity contribution in [3.05, 3.63) is 71.8 Å². The van der Waals surface area contributed by atoms with Crippen molar-refractivity contribution in [2.45, 2.75) is 11.8 Å². The fourth-order valence-electron chi connectivity index (χ4n) is 2.30. The first kappa shape index (κ1) is 15.9. The maximum atomic E-state index is 12.7. The van der Waals surface area contributed by atoms with Gasteiger partial charge in [-0.2, -0.15) is 15.6 Å². The van der Waals surface area contributed by atoms with E-state index in [0.29, 0.717) is 11.1 Å². The Bertz CT molecular complexity index is 785. The molecule has 0 heterocycles. The highest BCUT2D eigenvalue weighted by Gasteiger charge is 2.31. The molecule has 0 saturated heterocycles. The Morgan fingerprint density at radius 1 is 0.870 bits per heavy atom. The third kappa shape index (κ3) is 3.42. The molecule has 2 rings (SSSR count). The Morgan fingerprint density at radius 3 is 1.70 bits per heavy atom. The highest BCUT2D eigenvalue weighted by atomic mass is 16.1. The van der Waals surface area contributed by atoms with E-state index in [1.54, 1.807) is 60.7 Å². The van der Waals surface area contributed by atoms with Gasteiger partial charge in [-0.25, -0.2) is 0 Å². The van der Waals surface area contributed by atoms with Crippen molar-refractivity contribution in [1.29, 1.82) is 10.5 Å². The standard InChI is InChI=1S/C18H14N4O/c19-11-15(13-7-3-1-4-8-13)17(22-21)18(23)16(12-20)14-9-5-2-6-10-14/h1-10,15-16H,21H2/b22-17-/t15-,16-/m0/s1. The summed E-state index contributed by atoms with van der Waals surface area (Å²) < 4.78 is 0. The van der Waals surface area contributed by atoms with Crippen molar-refractivity contribution >= 4 is 11.5 Å². The minimum Gasteiger partial charge on any atom is -0.323 e. The van der Waals surface area contributed by atoms with Gasteiger partial charge in [0, 0.05) is 0 Å². The molecule has 2 N–H and O–H groups in total. The molecular weight excluding hydrogens is 288 g/mol. The van der Waals surface area contributed by atoms with E-state index in [-0.39, 0.29) is 5.71 Å². The van der Waals surface area contributed by atoms with E-state index in [1.165, 1.54) is 0 Å². The number of Topliss-reactive ketones (excluding diaryl/α,β-unsaturated/α-hetero) is 1. The second kappa shape index (κ2) is 7.53. The van der Waals surface area contributed by atoms with Gasteiger partial charge in [0.15, 0.2) is 0 Å². The number of benzene rings is 2. The lowest BCUT2D eigenvalue weighted by atomic mass is 9.86. The quantitative estimate of drug-likeness (QED) is 0.520. The Labute approximate surface area is 134 Å². The fraction of sp³-hybridized carbons (Fsp3) is 0.111. The maximum Gasteiger partial charge on any atom is 0.202 e. The molecule has 5 heteroatoms. The normalized spacial score (nSPS) is 13.4. The number of nitrogens with two attached hydrogens (primary N) is 1. The van der Waals surface area contributed by atoms with E-state index in [2.05, 4.69) is 5.10 Å². The molecule has 0 amide bonds. The number of nitriles is 2. The predicted octanol–water partition coefficient (Wildman–Crippen LogP) is 2.48. The third-order valence-corrected chi connectivity index (χ3v) is 3.45. The molecule has 0 aliphatic carbocycles. The van der Waals surface area contributed by atoms with E-state index >= 15 is 0 Å². The smallest absolute Gasteiger partial charge is 0.202 e. The lowest BCUT2D eigenvalue weighted by molar-refractivity contribution is -0.113. The summed E-state index contributed by atoms with van der Waals surface area (Å²) in [6.45, 7) is 0. The summed E-state index contributed by atoms with van der Waals surface area (Å²) in [7, 11) is 0. The molecular formula is C18H14N4O. The summed E-state index contributed by atoms with van der Waals surface area (Å²) in [4.78, 5) is 12.7. The second-order valence-electron chi connectivity index (χ2n) is 4.82. The molecule has 0 unspecified atom stereocenters. The largest absolute Gasteiger partial charge is 0.323 e. The highest BCUT2D eigenvalue weighted by Crippen LogP contribution is 2.23. The summed E-state index contributed by atoms with van der Waals surface area (Å²) in [5.74, 6) is 2.85. The Kier molecular flexibility index (Phi) is 5.22. The molecule has 0 bridgehead atoms. The number of carbonyl (C=O) groups excluding carboxylic acids is 1. The van der Waals surface area contributed by atoms with Crippen molar-refractivity contribution < 1.29 is 4.79 Å². The van der Waals surface area contributed by atoms with E-state index in [4.69, 9.17) is 5.84 Å². The number of rotatable bonds is 5. The topological polar surface area (TPSA) is 103 Å². The van der Waals surface area contributed by atoms with Crippen molar-refractivity contribution in [3.63, 3.8) is 0 Å². The van der Waals surface area contributed by atoms with Gasteiger partial charge >= 0.3 is 0 Å². The molecule has 0 saturated carbocycles. The Morgan fingerprint density at radius 2 is 1.30 bits per heavy atom. The number of hydrogen-bond donors (Lipinski definition) is 1. The first-order chi connectivity index (χ1) is 11.2. The summed E-state index contributed by atoms with van der Waals surface area (Å²) in [5, 5.41) is 22.3. The van der Waals surface area contributed by atoms with E-state index in [1.807, 2.05) is 12.1 Å². The maximum absolute atomic E-state index is 12.7. The van der Waals surface area contributed by atoms with Gasteiger partial charge in [0.05, 0.1) is 12.1 Å². The molecule has 23 heavy (non-hydrogen) atoms. The van der Waals surface area contributed by atoms with Crippen LogP contribution < -0.4 is 5.84 Å². The minimum atomic E-state index is -1.04. The molecule has 0 aliphatic heterocycles. The zero-order valence-electron chi connectivity index (χ0n) is 12.3. The Hall–Kier alpha value is -3.44. The molecule has 2 atom stereocenters. The fourth-order valence-corrected chi connectivity index (χ4v) is 2.30. The molecule has 2 aromatic rings. The molecule has 0 radical (unpaired) electrons. The number of ketones is 1. The number of hydrogen-bond acceptors (Lipinski definition) is 5. The molecule has 0 fully saturated rings. The van der Waals surface area contributed by atoms with Crippen LogP contribution in [0.3, 0.4) is 0 Å². The van der Waals surface area contributed by atoms with Gasteiger partial charge in [0.25, 0.3) is 0 Å². The molecule has 5 nitrogen and oxygen atoms in total. The zero-order chi connectivity index (χ0) is 16.7. The lowest BCUT2D eigenvalue weighted by Gasteiger charge is -2.14. The molecule has 0 spiro atoms. The van der Waals surface area contributed by atoms with Crippen LogP contribution in [-0.2, 0) is 4.79 Å². The van der Waals surface area contributed by atoms with Gasteiger partial charge in [-0.15, -0.1) is 0 Å². The second-order valence-corrected chi connectivity index (χ2v) is 4.82. The van der Waals surface area contributed by atoms with E-state index < -0.39 is 17.6 Å². The van der Waals surface area contributed by atoms with Crippen LogP contribution in [0.2, 0.25) is 0 Å². The van der Waals surface area contributed by atoms with Crippen molar-refractivity contribution in [2.24, 2.45) is 10.9 Å². The van der Waals surface area contributed by atoms with Gasteiger partial charge in [0.2, 0.25) is 5.78 Å². The molecule has 112 valence electrons. The van der Waals surface area contributed by atoms with Crippen LogP contribution in [0.1, 0.15) is 23.0 Å². The van der Waals surface area contributed by atoms with Crippen LogP contribution in [0.4, 0.5) is 0 Å².